The van der Waals surface area contributed by atoms with Crippen molar-refractivity contribution >= 4 is 10.0 Å². The lowest BCUT2D eigenvalue weighted by atomic mass is 10.6. The van der Waals surface area contributed by atoms with E-state index in [1.807, 2.05) is 0 Å². The molecule has 0 aliphatic rings. The Morgan fingerprint density at radius 1 is 1.40 bits per heavy atom. The van der Waals surface area contributed by atoms with E-state index in [9.17, 15) is 13.5 Å². The van der Waals surface area contributed by atoms with Gasteiger partial charge in [-0.2, -0.15) is 0 Å². The largest absolute Gasteiger partial charge is 0.235 e. The fourth-order valence-electron chi connectivity index (χ4n) is 0.351. The minimum absolute atomic E-state index is 0.0134. The lowest BCUT2D eigenvalue weighted by molar-refractivity contribution is 0.199. The Hall–Kier alpha value is -0.130. The Kier molecular flexibility index (Phi) is 3.85. The van der Waals surface area contributed by atoms with Gasteiger partial charge in [-0.15, -0.1) is 0 Å². The Labute approximate surface area is 61.3 Å². The van der Waals surface area contributed by atoms with Crippen LogP contribution in [0.3, 0.4) is 0 Å². The summed E-state index contributed by atoms with van der Waals surface area (Å²) in [7, 11) is -3.21. The summed E-state index contributed by atoms with van der Waals surface area (Å²) >= 11 is 0. The first-order chi connectivity index (χ1) is 4.50. The van der Waals surface area contributed by atoms with Crippen LogP contribution in [0.1, 0.15) is 13.8 Å². The molecule has 0 saturated carbocycles. The highest BCUT2D eigenvalue weighted by atomic mass is 32.2. The summed E-state index contributed by atoms with van der Waals surface area (Å²) in [4.78, 5) is 0. The maximum atomic E-state index is 10.8. The molecule has 0 saturated heterocycles. The highest BCUT2D eigenvalue weighted by Gasteiger charge is 2.13. The monoisotopic (exact) mass is 166 g/mol. The van der Waals surface area contributed by atoms with E-state index in [0.29, 0.717) is 0 Å². The van der Waals surface area contributed by atoms with Crippen molar-refractivity contribution in [3.8, 4) is 0 Å². The van der Waals surface area contributed by atoms with Gasteiger partial charge in [-0.25, -0.2) is 18.2 Å². The summed E-state index contributed by atoms with van der Waals surface area (Å²) < 4.78 is 23.8. The zero-order valence-electron chi connectivity index (χ0n) is 6.12. The summed E-state index contributed by atoms with van der Waals surface area (Å²) in [6.07, 6.45) is 0. The van der Waals surface area contributed by atoms with E-state index < -0.39 is 21.9 Å². The van der Waals surface area contributed by atoms with Crippen LogP contribution in [-0.4, -0.2) is 26.8 Å². The van der Waals surface area contributed by atoms with Crippen molar-refractivity contribution < 1.29 is 13.5 Å². The van der Waals surface area contributed by atoms with Crippen LogP contribution in [0.25, 0.3) is 0 Å². The molecule has 0 unspecified atom stereocenters. The molecular formula is C5H12NO3S. The third-order valence-corrected chi connectivity index (χ3v) is 2.87. The van der Waals surface area contributed by atoms with Crippen molar-refractivity contribution in [1.29, 1.82) is 0 Å². The van der Waals surface area contributed by atoms with Gasteiger partial charge in [-0.3, -0.25) is 0 Å². The zero-order chi connectivity index (χ0) is 8.20. The SMILES string of the molecule is CC(C)S(=O)(=O)NCC[O]. The maximum Gasteiger partial charge on any atom is 0.214 e. The lowest BCUT2D eigenvalue weighted by Crippen LogP contribution is -2.32. The van der Waals surface area contributed by atoms with E-state index in [1.54, 1.807) is 13.8 Å². The molecule has 0 rings (SSSR count). The second-order valence-corrected chi connectivity index (χ2v) is 4.51. The van der Waals surface area contributed by atoms with Gasteiger partial charge in [-0.05, 0) is 13.8 Å². The standard InChI is InChI=1S/C5H12NO3S/c1-5(2)10(8,9)6-3-4-7/h5-6H,3-4H2,1-2H3. The van der Waals surface area contributed by atoms with Crippen LogP contribution < -0.4 is 4.72 Å². The molecule has 1 radical (unpaired) electrons. The molecule has 0 aromatic heterocycles. The van der Waals surface area contributed by atoms with Gasteiger partial charge in [0.1, 0.15) is 0 Å². The van der Waals surface area contributed by atoms with E-state index in [1.165, 1.54) is 0 Å². The fraction of sp³-hybridized carbons (Fsp3) is 1.00. The molecule has 4 nitrogen and oxygen atoms in total. The number of hydrogen-bond acceptors (Lipinski definition) is 2. The molecule has 0 atom stereocenters. The molecule has 5 heteroatoms. The summed E-state index contributed by atoms with van der Waals surface area (Å²) in [5.74, 6) is 0. The molecule has 0 aliphatic carbocycles. The average Bonchev–Trinajstić information content (AvgIpc) is 1.84. The van der Waals surface area contributed by atoms with Gasteiger partial charge in [0.05, 0.1) is 11.9 Å². The van der Waals surface area contributed by atoms with Crippen molar-refractivity contribution in [3.05, 3.63) is 0 Å². The predicted octanol–water partition coefficient (Wildman–Crippen LogP) is -0.255. The van der Waals surface area contributed by atoms with Crippen LogP contribution in [0.15, 0.2) is 0 Å². The zero-order valence-corrected chi connectivity index (χ0v) is 6.94. The molecular weight excluding hydrogens is 154 g/mol. The number of rotatable bonds is 4. The first-order valence-electron chi connectivity index (χ1n) is 3.07. The Morgan fingerprint density at radius 2 is 1.90 bits per heavy atom. The molecule has 0 spiro atoms. The Bertz CT molecular complexity index is 173. The normalized spacial score (nSPS) is 12.4. The first kappa shape index (κ1) is 9.87. The van der Waals surface area contributed by atoms with Gasteiger partial charge in [0, 0.05) is 6.54 Å². The van der Waals surface area contributed by atoms with Gasteiger partial charge < -0.3 is 0 Å². The molecule has 0 aromatic carbocycles. The molecule has 0 aliphatic heterocycles. The van der Waals surface area contributed by atoms with Crippen molar-refractivity contribution in [1.82, 2.24) is 4.72 Å². The van der Waals surface area contributed by atoms with Crippen LogP contribution in [0, 0.1) is 0 Å². The molecule has 0 aromatic rings. The van der Waals surface area contributed by atoms with Crippen molar-refractivity contribution in [2.45, 2.75) is 19.1 Å². The van der Waals surface area contributed by atoms with Crippen LogP contribution >= 0.6 is 0 Å². The van der Waals surface area contributed by atoms with E-state index in [4.69, 9.17) is 0 Å². The fourth-order valence-corrected chi connectivity index (χ4v) is 1.05. The quantitative estimate of drug-likeness (QED) is 0.625. The Morgan fingerprint density at radius 3 is 2.20 bits per heavy atom. The van der Waals surface area contributed by atoms with Crippen LogP contribution in [0.2, 0.25) is 0 Å². The second kappa shape index (κ2) is 3.90. The van der Waals surface area contributed by atoms with E-state index in [0.717, 1.165) is 0 Å². The lowest BCUT2D eigenvalue weighted by Gasteiger charge is -2.06. The van der Waals surface area contributed by atoms with E-state index >= 15 is 0 Å². The third kappa shape index (κ3) is 3.14. The summed E-state index contributed by atoms with van der Waals surface area (Å²) in [5, 5.41) is 9.41. The van der Waals surface area contributed by atoms with E-state index in [2.05, 4.69) is 4.72 Å². The minimum atomic E-state index is -3.21. The van der Waals surface area contributed by atoms with Gasteiger partial charge in [0.15, 0.2) is 0 Å². The Balaban J connectivity index is 3.90. The molecule has 10 heavy (non-hydrogen) atoms. The van der Waals surface area contributed by atoms with Gasteiger partial charge in [0.25, 0.3) is 0 Å². The van der Waals surface area contributed by atoms with Gasteiger partial charge in [-0.1, -0.05) is 0 Å². The van der Waals surface area contributed by atoms with Crippen molar-refractivity contribution in [2.75, 3.05) is 13.2 Å². The van der Waals surface area contributed by atoms with Crippen LogP contribution in [0.4, 0.5) is 0 Å². The molecule has 1 N–H and O–H groups in total. The molecule has 0 amide bonds. The van der Waals surface area contributed by atoms with Crippen LogP contribution in [0.5, 0.6) is 0 Å². The topological polar surface area (TPSA) is 66.1 Å². The summed E-state index contributed by atoms with van der Waals surface area (Å²) in [5.41, 5.74) is 0. The highest BCUT2D eigenvalue weighted by Crippen LogP contribution is 1.93. The summed E-state index contributed by atoms with van der Waals surface area (Å²) in [6.45, 7) is 2.70. The number of nitrogens with one attached hydrogen (secondary N) is 1. The second-order valence-electron chi connectivity index (χ2n) is 2.19. The van der Waals surface area contributed by atoms with E-state index in [-0.39, 0.29) is 6.54 Å². The molecule has 61 valence electrons. The van der Waals surface area contributed by atoms with Gasteiger partial charge >= 0.3 is 0 Å². The molecule has 0 bridgehead atoms. The number of sulfonamides is 1. The third-order valence-electron chi connectivity index (χ3n) is 1.03. The molecule has 0 heterocycles. The highest BCUT2D eigenvalue weighted by molar-refractivity contribution is 7.90. The summed E-state index contributed by atoms with van der Waals surface area (Å²) in [6, 6.07) is 0. The van der Waals surface area contributed by atoms with Crippen molar-refractivity contribution in [2.24, 2.45) is 0 Å². The first-order valence-corrected chi connectivity index (χ1v) is 4.62. The maximum absolute atomic E-state index is 10.8. The van der Waals surface area contributed by atoms with Crippen LogP contribution in [-0.2, 0) is 15.1 Å². The van der Waals surface area contributed by atoms with Crippen molar-refractivity contribution in [3.63, 3.8) is 0 Å². The number of hydrogen-bond donors (Lipinski definition) is 1. The molecule has 0 fully saturated rings. The predicted molar refractivity (Wildman–Crippen MR) is 37.6 cm³/mol. The average molecular weight is 166 g/mol. The smallest absolute Gasteiger partial charge is 0.214 e. The van der Waals surface area contributed by atoms with Gasteiger partial charge in [0.2, 0.25) is 10.0 Å². The minimum Gasteiger partial charge on any atom is -0.235 e.